The molecule has 1 rings (SSSR count). The Bertz CT molecular complexity index is 240. The summed E-state index contributed by atoms with van der Waals surface area (Å²) in [6.45, 7) is 0. The summed E-state index contributed by atoms with van der Waals surface area (Å²) in [6, 6.07) is 6.54. The van der Waals surface area contributed by atoms with Crippen molar-refractivity contribution in [1.82, 2.24) is 0 Å². The summed E-state index contributed by atoms with van der Waals surface area (Å²) in [4.78, 5) is 0.421. The fourth-order valence-corrected chi connectivity index (χ4v) is 1.44. The Hall–Kier alpha value is -0.280. The third-order valence-corrected chi connectivity index (χ3v) is 2.28. The van der Waals surface area contributed by atoms with Crippen molar-refractivity contribution in [2.24, 2.45) is 0 Å². The van der Waals surface area contributed by atoms with Crippen molar-refractivity contribution in [3.8, 4) is 0 Å². The topological polar surface area (TPSA) is 0 Å². The smallest absolute Gasteiger partial charge is 0.198 e. The van der Waals surface area contributed by atoms with Crippen LogP contribution in [0.1, 0.15) is 0 Å². The molecule has 0 unspecified atom stereocenters. The molecule has 0 aliphatic carbocycles. The fraction of sp³-hybridized carbons (Fsp3) is 0.143. The zero-order valence-corrected chi connectivity index (χ0v) is 7.00. The second-order valence-corrected chi connectivity index (χ2v) is 3.25. The normalized spacial score (nSPS) is 10.5. The first kappa shape index (κ1) is 8.81. The molecule has 0 heterocycles. The maximum Gasteiger partial charge on any atom is 0.288 e. The summed E-state index contributed by atoms with van der Waals surface area (Å²) in [7, 11) is 0. The van der Waals surface area contributed by atoms with Crippen LogP contribution < -0.4 is 0 Å². The Labute approximate surface area is 72.6 Å². The third-order valence-electron chi connectivity index (χ3n) is 1.05. The van der Waals surface area contributed by atoms with Crippen LogP contribution in [0.4, 0.5) is 8.78 Å². The van der Waals surface area contributed by atoms with Gasteiger partial charge in [0.2, 0.25) is 0 Å². The predicted molar refractivity (Wildman–Crippen MR) is 43.3 cm³/mol. The van der Waals surface area contributed by atoms with Crippen molar-refractivity contribution < 1.29 is 8.78 Å². The molecule has 0 aliphatic heterocycles. The van der Waals surface area contributed by atoms with Gasteiger partial charge < -0.3 is 0 Å². The van der Waals surface area contributed by atoms with Crippen LogP contribution in [-0.4, -0.2) is 5.76 Å². The molecule has 0 bridgehead atoms. The molecular weight excluding hydrogens is 190 g/mol. The molecule has 0 spiro atoms. The van der Waals surface area contributed by atoms with E-state index >= 15 is 0 Å². The highest BCUT2D eigenvalue weighted by Crippen LogP contribution is 2.30. The lowest BCUT2D eigenvalue weighted by atomic mass is 10.4. The van der Waals surface area contributed by atoms with Gasteiger partial charge in [0.25, 0.3) is 5.76 Å². The largest absolute Gasteiger partial charge is 0.288 e. The Morgan fingerprint density at radius 1 is 1.27 bits per heavy atom. The number of hydrogen-bond donors (Lipinski definition) is 0. The summed E-state index contributed by atoms with van der Waals surface area (Å²) in [6.07, 6.45) is 0. The third kappa shape index (κ3) is 2.67. The Morgan fingerprint density at radius 2 is 1.91 bits per heavy atom. The highest BCUT2D eigenvalue weighted by Gasteiger charge is 2.07. The van der Waals surface area contributed by atoms with E-state index in [4.69, 9.17) is 11.6 Å². The first-order valence-corrected chi connectivity index (χ1v) is 4.15. The van der Waals surface area contributed by atoms with Crippen molar-refractivity contribution >= 4 is 23.4 Å². The molecule has 0 saturated heterocycles. The van der Waals surface area contributed by atoms with Crippen LogP contribution >= 0.6 is 23.4 Å². The summed E-state index contributed by atoms with van der Waals surface area (Å²) in [5, 5.41) is 0.373. The van der Waals surface area contributed by atoms with E-state index in [1.54, 1.807) is 24.3 Å². The number of alkyl halides is 2. The predicted octanol–water partition coefficient (Wildman–Crippen LogP) is 3.65. The minimum Gasteiger partial charge on any atom is -0.198 e. The lowest BCUT2D eigenvalue weighted by Crippen LogP contribution is -1.81. The lowest BCUT2D eigenvalue weighted by molar-refractivity contribution is 0.252. The van der Waals surface area contributed by atoms with Gasteiger partial charge in [-0.05, 0) is 12.1 Å². The van der Waals surface area contributed by atoms with Crippen molar-refractivity contribution in [2.75, 3.05) is 0 Å². The number of thioether (sulfide) groups is 1. The summed E-state index contributed by atoms with van der Waals surface area (Å²) in [5.74, 6) is -2.41. The van der Waals surface area contributed by atoms with E-state index in [1.165, 1.54) is 0 Å². The molecule has 0 fully saturated rings. The summed E-state index contributed by atoms with van der Waals surface area (Å²) >= 11 is 6.07. The highest BCUT2D eigenvalue weighted by atomic mass is 35.5. The van der Waals surface area contributed by atoms with Gasteiger partial charge in [-0.3, -0.25) is 0 Å². The van der Waals surface area contributed by atoms with Gasteiger partial charge in [0.1, 0.15) is 0 Å². The van der Waals surface area contributed by atoms with Crippen LogP contribution in [0.5, 0.6) is 0 Å². The second kappa shape index (κ2) is 3.93. The molecule has 0 aliphatic rings. The van der Waals surface area contributed by atoms with Crippen LogP contribution in [0, 0.1) is 0 Å². The van der Waals surface area contributed by atoms with Crippen molar-refractivity contribution in [3.05, 3.63) is 29.3 Å². The summed E-state index contributed by atoms with van der Waals surface area (Å²) < 4.78 is 23.6. The van der Waals surface area contributed by atoms with E-state index in [2.05, 4.69) is 0 Å². The molecule has 1 aromatic carbocycles. The van der Waals surface area contributed by atoms with Gasteiger partial charge in [0, 0.05) is 4.90 Å². The first-order chi connectivity index (χ1) is 5.20. The van der Waals surface area contributed by atoms with Gasteiger partial charge in [-0.1, -0.05) is 35.5 Å². The molecule has 0 nitrogen and oxygen atoms in total. The van der Waals surface area contributed by atoms with Gasteiger partial charge in [-0.25, -0.2) is 0 Å². The van der Waals surface area contributed by atoms with E-state index in [1.807, 2.05) is 0 Å². The number of benzene rings is 1. The minimum absolute atomic E-state index is 0.373. The number of rotatable bonds is 2. The monoisotopic (exact) mass is 194 g/mol. The van der Waals surface area contributed by atoms with E-state index in [-0.39, 0.29) is 0 Å². The van der Waals surface area contributed by atoms with Crippen LogP contribution in [0.25, 0.3) is 0 Å². The van der Waals surface area contributed by atoms with E-state index in [0.717, 1.165) is 0 Å². The molecular formula is C7H5ClF2S. The van der Waals surface area contributed by atoms with Crippen molar-refractivity contribution in [1.29, 1.82) is 0 Å². The molecule has 0 saturated carbocycles. The number of hydrogen-bond acceptors (Lipinski definition) is 1. The average molecular weight is 195 g/mol. The molecule has 0 radical (unpaired) electrons. The lowest BCUT2D eigenvalue weighted by Gasteiger charge is -2.00. The van der Waals surface area contributed by atoms with Crippen LogP contribution in [0.15, 0.2) is 29.2 Å². The minimum atomic E-state index is -2.41. The summed E-state index contributed by atoms with van der Waals surface area (Å²) in [5.41, 5.74) is 0. The molecule has 0 atom stereocenters. The highest BCUT2D eigenvalue weighted by molar-refractivity contribution is 7.99. The zero-order valence-electron chi connectivity index (χ0n) is 5.43. The SMILES string of the molecule is FC(F)Sc1ccccc1Cl. The molecule has 0 amide bonds. The van der Waals surface area contributed by atoms with Gasteiger partial charge in [0.05, 0.1) is 5.02 Å². The maximum absolute atomic E-state index is 11.8. The Balaban J connectivity index is 2.78. The quantitative estimate of drug-likeness (QED) is 0.648. The maximum atomic E-state index is 11.8. The molecule has 11 heavy (non-hydrogen) atoms. The van der Waals surface area contributed by atoms with Gasteiger partial charge >= 0.3 is 0 Å². The molecule has 0 N–H and O–H groups in total. The van der Waals surface area contributed by atoms with Gasteiger partial charge in [0.15, 0.2) is 0 Å². The van der Waals surface area contributed by atoms with E-state index in [0.29, 0.717) is 21.7 Å². The van der Waals surface area contributed by atoms with Crippen LogP contribution in [0.3, 0.4) is 0 Å². The number of halogens is 3. The Kier molecular flexibility index (Phi) is 3.15. The molecule has 4 heteroatoms. The first-order valence-electron chi connectivity index (χ1n) is 2.89. The van der Waals surface area contributed by atoms with Crippen LogP contribution in [-0.2, 0) is 0 Å². The average Bonchev–Trinajstić information content (AvgIpc) is 1.93. The van der Waals surface area contributed by atoms with Crippen molar-refractivity contribution in [2.45, 2.75) is 10.7 Å². The molecule has 60 valence electrons. The van der Waals surface area contributed by atoms with Gasteiger partial charge in [-0.2, -0.15) is 8.78 Å². The van der Waals surface area contributed by atoms with Crippen LogP contribution in [0.2, 0.25) is 5.02 Å². The van der Waals surface area contributed by atoms with E-state index < -0.39 is 5.76 Å². The van der Waals surface area contributed by atoms with Gasteiger partial charge in [-0.15, -0.1) is 0 Å². The van der Waals surface area contributed by atoms with E-state index in [9.17, 15) is 8.78 Å². The standard InChI is InChI=1S/C7H5ClF2S/c8-5-3-1-2-4-6(5)11-7(9)10/h1-4,7H. The second-order valence-electron chi connectivity index (χ2n) is 1.81. The fourth-order valence-electron chi connectivity index (χ4n) is 0.636. The zero-order chi connectivity index (χ0) is 8.27. The van der Waals surface area contributed by atoms with Crippen molar-refractivity contribution in [3.63, 3.8) is 0 Å². The Morgan fingerprint density at radius 3 is 2.45 bits per heavy atom. The molecule has 1 aromatic rings. The molecule has 0 aromatic heterocycles.